The van der Waals surface area contributed by atoms with Crippen LogP contribution >= 0.6 is 0 Å². The SMILES string of the molecule is CCCCCCCCCCCCCCCCCC(=O)[O-].[NH4+]. The van der Waals surface area contributed by atoms with Gasteiger partial charge in [-0.15, -0.1) is 0 Å². The highest BCUT2D eigenvalue weighted by Gasteiger charge is 1.94. The van der Waals surface area contributed by atoms with Crippen molar-refractivity contribution >= 4 is 5.97 Å². The Balaban J connectivity index is 0. The van der Waals surface area contributed by atoms with Crippen molar-refractivity contribution in [1.82, 2.24) is 6.15 Å². The van der Waals surface area contributed by atoms with Crippen molar-refractivity contribution < 1.29 is 9.90 Å². The van der Waals surface area contributed by atoms with E-state index in [2.05, 4.69) is 6.92 Å². The van der Waals surface area contributed by atoms with Gasteiger partial charge in [0.15, 0.2) is 0 Å². The van der Waals surface area contributed by atoms with E-state index in [0.717, 1.165) is 12.8 Å². The zero-order valence-electron chi connectivity index (χ0n) is 14.6. The first-order chi connectivity index (χ1) is 9.77. The van der Waals surface area contributed by atoms with E-state index in [0.29, 0.717) is 0 Å². The highest BCUT2D eigenvalue weighted by Crippen LogP contribution is 2.13. The third-order valence-corrected chi connectivity index (χ3v) is 3.98. The van der Waals surface area contributed by atoms with Crippen molar-refractivity contribution in [2.24, 2.45) is 0 Å². The second kappa shape index (κ2) is 19.4. The van der Waals surface area contributed by atoms with E-state index in [4.69, 9.17) is 0 Å². The summed E-state index contributed by atoms with van der Waals surface area (Å²) in [6, 6.07) is 0. The number of carboxylic acid groups (broad SMARTS) is 1. The van der Waals surface area contributed by atoms with Crippen LogP contribution in [-0.2, 0) is 4.79 Å². The largest absolute Gasteiger partial charge is 0.550 e. The molecule has 0 aromatic carbocycles. The summed E-state index contributed by atoms with van der Waals surface area (Å²) in [5.41, 5.74) is 0. The molecule has 0 unspecified atom stereocenters. The van der Waals surface area contributed by atoms with E-state index in [1.165, 1.54) is 83.5 Å². The quantitative estimate of drug-likeness (QED) is 0.389. The second-order valence-electron chi connectivity index (χ2n) is 6.07. The molecule has 0 aromatic heterocycles. The van der Waals surface area contributed by atoms with E-state index in [1.807, 2.05) is 0 Å². The lowest BCUT2D eigenvalue weighted by Crippen LogP contribution is -2.21. The van der Waals surface area contributed by atoms with Crippen molar-refractivity contribution in [3.8, 4) is 0 Å². The molecule has 0 amide bonds. The molecule has 0 aliphatic heterocycles. The van der Waals surface area contributed by atoms with Crippen molar-refractivity contribution in [3.05, 3.63) is 0 Å². The third kappa shape index (κ3) is 21.9. The normalized spacial score (nSPS) is 10.3. The maximum atomic E-state index is 10.2. The molecular formula is C18H39NO2. The standard InChI is InChI=1S/C18H36O2.H3N/c1-2-3-4-5-6-7-8-9-10-11-12-13-14-15-16-17-18(19)20;/h2-17H2,1H3,(H,19,20);1H3. The van der Waals surface area contributed by atoms with Gasteiger partial charge in [0, 0.05) is 5.97 Å². The van der Waals surface area contributed by atoms with Gasteiger partial charge in [-0.25, -0.2) is 0 Å². The van der Waals surface area contributed by atoms with E-state index >= 15 is 0 Å². The van der Waals surface area contributed by atoms with E-state index < -0.39 is 5.97 Å². The first kappa shape index (κ1) is 22.7. The molecule has 3 nitrogen and oxygen atoms in total. The number of hydrogen-bond acceptors (Lipinski definition) is 2. The molecule has 0 saturated carbocycles. The Morgan fingerprint density at radius 1 is 0.619 bits per heavy atom. The number of carboxylic acids is 1. The molecule has 0 saturated heterocycles. The molecule has 0 aliphatic rings. The Labute approximate surface area is 132 Å². The molecule has 0 spiro atoms. The number of rotatable bonds is 16. The van der Waals surface area contributed by atoms with Crippen molar-refractivity contribution in [1.29, 1.82) is 0 Å². The maximum absolute atomic E-state index is 10.2. The first-order valence-corrected chi connectivity index (χ1v) is 8.97. The molecule has 0 aromatic rings. The van der Waals surface area contributed by atoms with E-state index in [1.54, 1.807) is 0 Å². The molecule has 0 radical (unpaired) electrons. The van der Waals surface area contributed by atoms with Gasteiger partial charge in [0.05, 0.1) is 0 Å². The summed E-state index contributed by atoms with van der Waals surface area (Å²) in [6.07, 6.45) is 19.9. The number of carbonyl (C=O) groups is 1. The molecule has 0 bridgehead atoms. The van der Waals surface area contributed by atoms with Crippen LogP contribution in [0.25, 0.3) is 0 Å². The van der Waals surface area contributed by atoms with E-state index in [-0.39, 0.29) is 12.6 Å². The fourth-order valence-corrected chi connectivity index (χ4v) is 2.64. The topological polar surface area (TPSA) is 76.6 Å². The average Bonchev–Trinajstić information content (AvgIpc) is 2.43. The minimum Gasteiger partial charge on any atom is -0.550 e. The zero-order valence-corrected chi connectivity index (χ0v) is 14.6. The molecule has 0 aliphatic carbocycles. The predicted octanol–water partition coefficient (Wildman–Crippen LogP) is 5.37. The van der Waals surface area contributed by atoms with Crippen LogP contribution in [-0.4, -0.2) is 5.97 Å². The molecule has 0 heterocycles. The van der Waals surface area contributed by atoms with Crippen molar-refractivity contribution in [3.63, 3.8) is 0 Å². The third-order valence-electron chi connectivity index (χ3n) is 3.98. The minimum atomic E-state index is -0.903. The average molecular weight is 302 g/mol. The molecule has 0 fully saturated rings. The van der Waals surface area contributed by atoms with Crippen LogP contribution in [0.2, 0.25) is 0 Å². The Morgan fingerprint density at radius 2 is 0.905 bits per heavy atom. The first-order valence-electron chi connectivity index (χ1n) is 8.97. The highest BCUT2D eigenvalue weighted by molar-refractivity contribution is 5.63. The summed E-state index contributed by atoms with van der Waals surface area (Å²) in [4.78, 5) is 10.2. The Kier molecular flexibility index (Phi) is 21.0. The fraction of sp³-hybridized carbons (Fsp3) is 0.944. The van der Waals surface area contributed by atoms with Gasteiger partial charge in [0.2, 0.25) is 0 Å². The van der Waals surface area contributed by atoms with Gasteiger partial charge in [-0.3, -0.25) is 0 Å². The lowest BCUT2D eigenvalue weighted by molar-refractivity contribution is -0.305. The number of hydrogen-bond donors (Lipinski definition) is 1. The van der Waals surface area contributed by atoms with Gasteiger partial charge < -0.3 is 16.1 Å². The maximum Gasteiger partial charge on any atom is 0.0414 e. The second-order valence-corrected chi connectivity index (χ2v) is 6.07. The summed E-state index contributed by atoms with van der Waals surface area (Å²) in [5.74, 6) is -0.903. The van der Waals surface area contributed by atoms with Gasteiger partial charge in [0.1, 0.15) is 0 Å². The number of aliphatic carboxylic acids is 1. The predicted molar refractivity (Wildman–Crippen MR) is 90.5 cm³/mol. The van der Waals surface area contributed by atoms with E-state index in [9.17, 15) is 9.90 Å². The summed E-state index contributed by atoms with van der Waals surface area (Å²) in [6.45, 7) is 2.27. The highest BCUT2D eigenvalue weighted by atomic mass is 16.4. The summed E-state index contributed by atoms with van der Waals surface area (Å²) < 4.78 is 0. The summed E-state index contributed by atoms with van der Waals surface area (Å²) >= 11 is 0. The van der Waals surface area contributed by atoms with Crippen molar-refractivity contribution in [2.75, 3.05) is 0 Å². The number of carbonyl (C=O) groups excluding carboxylic acids is 1. The van der Waals surface area contributed by atoms with Gasteiger partial charge in [-0.2, -0.15) is 0 Å². The van der Waals surface area contributed by atoms with Crippen LogP contribution < -0.4 is 11.3 Å². The van der Waals surface area contributed by atoms with Gasteiger partial charge >= 0.3 is 0 Å². The minimum absolute atomic E-state index is 0. The Morgan fingerprint density at radius 3 is 1.19 bits per heavy atom. The lowest BCUT2D eigenvalue weighted by Gasteiger charge is -2.04. The Bertz CT molecular complexity index is 207. The van der Waals surface area contributed by atoms with Crippen LogP contribution in [0.3, 0.4) is 0 Å². The Hall–Kier alpha value is -0.570. The van der Waals surface area contributed by atoms with Crippen LogP contribution in [0.4, 0.5) is 0 Å². The van der Waals surface area contributed by atoms with Crippen LogP contribution in [0.1, 0.15) is 110 Å². The molecular weight excluding hydrogens is 262 g/mol. The number of quaternary nitrogens is 1. The molecule has 4 N–H and O–H groups in total. The van der Waals surface area contributed by atoms with Gasteiger partial charge in [-0.1, -0.05) is 96.8 Å². The smallest absolute Gasteiger partial charge is 0.0414 e. The molecule has 0 atom stereocenters. The fourth-order valence-electron chi connectivity index (χ4n) is 2.64. The van der Waals surface area contributed by atoms with Crippen LogP contribution in [0, 0.1) is 0 Å². The van der Waals surface area contributed by atoms with Gasteiger partial charge in [0.25, 0.3) is 0 Å². The zero-order chi connectivity index (χ0) is 14.9. The van der Waals surface area contributed by atoms with Crippen LogP contribution in [0.5, 0.6) is 0 Å². The summed E-state index contributed by atoms with van der Waals surface area (Å²) in [5, 5.41) is 10.2. The van der Waals surface area contributed by atoms with Crippen LogP contribution in [0.15, 0.2) is 0 Å². The summed E-state index contributed by atoms with van der Waals surface area (Å²) in [7, 11) is 0. The molecule has 21 heavy (non-hydrogen) atoms. The molecule has 128 valence electrons. The van der Waals surface area contributed by atoms with Crippen molar-refractivity contribution in [2.45, 2.75) is 110 Å². The van der Waals surface area contributed by atoms with Gasteiger partial charge in [-0.05, 0) is 12.8 Å². The monoisotopic (exact) mass is 301 g/mol. The lowest BCUT2D eigenvalue weighted by atomic mass is 10.0. The molecule has 3 heteroatoms. The molecule has 0 rings (SSSR count). The number of unbranched alkanes of at least 4 members (excludes halogenated alkanes) is 14.